The maximum atomic E-state index is 11.8. The van der Waals surface area contributed by atoms with Gasteiger partial charge in [-0.2, -0.15) is 0 Å². The molecule has 17 heavy (non-hydrogen) atoms. The molecule has 84 valence electrons. The summed E-state index contributed by atoms with van der Waals surface area (Å²) in [4.78, 5) is 12.8. The van der Waals surface area contributed by atoms with Crippen LogP contribution < -0.4 is 11.4 Å². The lowest BCUT2D eigenvalue weighted by Crippen LogP contribution is -2.01. The maximum Gasteiger partial charge on any atom is 0.345 e. The van der Waals surface area contributed by atoms with Crippen molar-refractivity contribution in [1.29, 1.82) is 0 Å². The molecule has 0 fully saturated rings. The second kappa shape index (κ2) is 3.75. The van der Waals surface area contributed by atoms with Crippen LogP contribution in [0.3, 0.4) is 0 Å². The van der Waals surface area contributed by atoms with Gasteiger partial charge in [0.15, 0.2) is 0 Å². The second-order valence-corrected chi connectivity index (χ2v) is 4.67. The summed E-state index contributed by atoms with van der Waals surface area (Å²) in [5, 5.41) is 2.81. The Labute approximate surface area is 101 Å². The van der Waals surface area contributed by atoms with Gasteiger partial charge < -0.3 is 10.2 Å². The predicted molar refractivity (Wildman–Crippen MR) is 70.2 cm³/mol. The van der Waals surface area contributed by atoms with Crippen molar-refractivity contribution < 1.29 is 4.42 Å². The highest BCUT2D eigenvalue weighted by Gasteiger charge is 2.08. The van der Waals surface area contributed by atoms with Gasteiger partial charge >= 0.3 is 5.63 Å². The van der Waals surface area contributed by atoms with E-state index < -0.39 is 0 Å². The third kappa shape index (κ3) is 1.72. The van der Waals surface area contributed by atoms with Gasteiger partial charge in [-0.05, 0) is 29.6 Å². The molecule has 0 aliphatic carbocycles. The van der Waals surface area contributed by atoms with Crippen molar-refractivity contribution in [1.82, 2.24) is 0 Å². The third-order valence-corrected chi connectivity index (χ3v) is 3.45. The molecular formula is C13H9NO2S. The lowest BCUT2D eigenvalue weighted by Gasteiger charge is -2.00. The van der Waals surface area contributed by atoms with Crippen molar-refractivity contribution in [2.45, 2.75) is 0 Å². The molecular weight excluding hydrogens is 234 g/mol. The van der Waals surface area contributed by atoms with Crippen molar-refractivity contribution in [3.8, 4) is 10.4 Å². The average molecular weight is 243 g/mol. The number of thiophene rings is 1. The highest BCUT2D eigenvalue weighted by Crippen LogP contribution is 2.25. The van der Waals surface area contributed by atoms with Crippen molar-refractivity contribution in [3.63, 3.8) is 0 Å². The molecule has 3 aromatic rings. The van der Waals surface area contributed by atoms with E-state index in [0.29, 0.717) is 16.8 Å². The van der Waals surface area contributed by atoms with Crippen LogP contribution in [0, 0.1) is 0 Å². The fourth-order valence-corrected chi connectivity index (χ4v) is 2.46. The van der Waals surface area contributed by atoms with Crippen LogP contribution in [-0.2, 0) is 0 Å². The lowest BCUT2D eigenvalue weighted by atomic mass is 10.1. The number of fused-ring (bicyclic) bond motifs is 1. The zero-order valence-corrected chi connectivity index (χ0v) is 9.66. The van der Waals surface area contributed by atoms with Crippen molar-refractivity contribution in [2.75, 3.05) is 5.73 Å². The number of hydrogen-bond donors (Lipinski definition) is 1. The molecule has 0 radical (unpaired) electrons. The first-order valence-corrected chi connectivity index (χ1v) is 5.99. The van der Waals surface area contributed by atoms with Gasteiger partial charge in [0.2, 0.25) is 0 Å². The fraction of sp³-hybridized carbons (Fsp3) is 0. The predicted octanol–water partition coefficient (Wildman–Crippen LogP) is 3.10. The van der Waals surface area contributed by atoms with E-state index in [2.05, 4.69) is 0 Å². The lowest BCUT2D eigenvalue weighted by molar-refractivity contribution is 0.564. The minimum absolute atomic E-state index is 0.328. The van der Waals surface area contributed by atoms with E-state index in [-0.39, 0.29) is 5.63 Å². The van der Waals surface area contributed by atoms with Crippen LogP contribution in [-0.4, -0.2) is 0 Å². The van der Waals surface area contributed by atoms with Gasteiger partial charge in [-0.25, -0.2) is 4.79 Å². The van der Waals surface area contributed by atoms with Gasteiger partial charge in [-0.15, -0.1) is 11.3 Å². The topological polar surface area (TPSA) is 56.2 Å². The summed E-state index contributed by atoms with van der Waals surface area (Å²) in [6.07, 6.45) is 0. The van der Waals surface area contributed by atoms with E-state index in [0.717, 1.165) is 10.3 Å². The molecule has 0 aliphatic heterocycles. The number of hydrogen-bond acceptors (Lipinski definition) is 4. The van der Waals surface area contributed by atoms with Gasteiger partial charge in [-0.1, -0.05) is 6.07 Å². The molecule has 0 aliphatic rings. The number of rotatable bonds is 1. The first-order valence-electron chi connectivity index (χ1n) is 5.11. The molecule has 2 aromatic heterocycles. The maximum absolute atomic E-state index is 11.8. The zero-order valence-electron chi connectivity index (χ0n) is 8.84. The third-order valence-electron chi connectivity index (χ3n) is 2.55. The molecule has 2 heterocycles. The molecule has 0 unspecified atom stereocenters. The van der Waals surface area contributed by atoms with Crippen LogP contribution in [0.5, 0.6) is 0 Å². The molecule has 0 saturated heterocycles. The van der Waals surface area contributed by atoms with E-state index in [1.54, 1.807) is 12.1 Å². The molecule has 3 rings (SSSR count). The number of benzene rings is 1. The first kappa shape index (κ1) is 10.1. The molecule has 0 amide bonds. The minimum atomic E-state index is -0.328. The van der Waals surface area contributed by atoms with Gasteiger partial charge in [0.05, 0.1) is 5.56 Å². The van der Waals surface area contributed by atoms with E-state index in [4.69, 9.17) is 10.2 Å². The summed E-state index contributed by atoms with van der Waals surface area (Å²) in [6.45, 7) is 0. The quantitative estimate of drug-likeness (QED) is 0.527. The van der Waals surface area contributed by atoms with Gasteiger partial charge in [0.1, 0.15) is 5.58 Å². The molecule has 0 spiro atoms. The summed E-state index contributed by atoms with van der Waals surface area (Å²) >= 11 is 1.52. The van der Waals surface area contributed by atoms with Crippen LogP contribution >= 0.6 is 11.3 Å². The number of nitrogen functional groups attached to an aromatic ring is 1. The Kier molecular flexibility index (Phi) is 2.23. The Hall–Kier alpha value is -2.07. The Balaban J connectivity index is 2.32. The average Bonchev–Trinajstić information content (AvgIpc) is 2.81. The van der Waals surface area contributed by atoms with E-state index in [9.17, 15) is 4.79 Å². The SMILES string of the molecule is Nc1ccc2cc(-c3cccs3)c(=O)oc2c1. The summed E-state index contributed by atoms with van der Waals surface area (Å²) < 4.78 is 5.27. The Bertz CT molecular complexity index is 729. The van der Waals surface area contributed by atoms with Crippen LogP contribution in [0.4, 0.5) is 5.69 Å². The number of nitrogens with two attached hydrogens (primary N) is 1. The molecule has 2 N–H and O–H groups in total. The second-order valence-electron chi connectivity index (χ2n) is 3.72. The largest absolute Gasteiger partial charge is 0.422 e. The summed E-state index contributed by atoms with van der Waals surface area (Å²) in [5.41, 5.74) is 7.02. The Morgan fingerprint density at radius 1 is 1.18 bits per heavy atom. The monoisotopic (exact) mass is 243 g/mol. The summed E-state index contributed by atoms with van der Waals surface area (Å²) in [7, 11) is 0. The number of anilines is 1. The molecule has 0 atom stereocenters. The molecule has 4 heteroatoms. The van der Waals surface area contributed by atoms with E-state index in [1.165, 1.54) is 11.3 Å². The van der Waals surface area contributed by atoms with Crippen molar-refractivity contribution >= 4 is 28.0 Å². The summed E-state index contributed by atoms with van der Waals surface area (Å²) in [5.74, 6) is 0. The standard InChI is InChI=1S/C13H9NO2S/c14-9-4-3-8-6-10(12-2-1-5-17-12)13(15)16-11(8)7-9/h1-7H,14H2. The molecule has 0 bridgehead atoms. The Morgan fingerprint density at radius 3 is 2.82 bits per heavy atom. The zero-order chi connectivity index (χ0) is 11.8. The Morgan fingerprint density at radius 2 is 2.06 bits per heavy atom. The summed E-state index contributed by atoms with van der Waals surface area (Å²) in [6, 6.07) is 11.0. The van der Waals surface area contributed by atoms with Gasteiger partial charge in [-0.3, -0.25) is 0 Å². The highest BCUT2D eigenvalue weighted by atomic mass is 32.1. The molecule has 3 nitrogen and oxygen atoms in total. The van der Waals surface area contributed by atoms with Crippen molar-refractivity contribution in [2.24, 2.45) is 0 Å². The molecule has 0 saturated carbocycles. The smallest absolute Gasteiger partial charge is 0.345 e. The highest BCUT2D eigenvalue weighted by molar-refractivity contribution is 7.13. The van der Waals surface area contributed by atoms with E-state index in [1.807, 2.05) is 29.6 Å². The normalized spacial score (nSPS) is 10.8. The van der Waals surface area contributed by atoms with E-state index >= 15 is 0 Å². The molecule has 1 aromatic carbocycles. The minimum Gasteiger partial charge on any atom is -0.422 e. The van der Waals surface area contributed by atoms with Gasteiger partial charge in [0.25, 0.3) is 0 Å². The van der Waals surface area contributed by atoms with Gasteiger partial charge in [0, 0.05) is 22.0 Å². The van der Waals surface area contributed by atoms with Crippen LogP contribution in [0.15, 0.2) is 51.0 Å². The fourth-order valence-electron chi connectivity index (χ4n) is 1.73. The van der Waals surface area contributed by atoms with Crippen LogP contribution in [0.1, 0.15) is 0 Å². The van der Waals surface area contributed by atoms with Crippen LogP contribution in [0.25, 0.3) is 21.4 Å². The first-order chi connectivity index (χ1) is 8.24. The van der Waals surface area contributed by atoms with Crippen LogP contribution in [0.2, 0.25) is 0 Å². The van der Waals surface area contributed by atoms with Crippen molar-refractivity contribution in [3.05, 3.63) is 52.2 Å².